The van der Waals surface area contributed by atoms with Gasteiger partial charge in [-0.25, -0.2) is 9.18 Å². The standard InChI is InChI=1S/C21H27FN4O2/c1-3-9-26-15(2)17(11-23-26)12-24-13-19-20(14-24)28-21(27)25(19)10-8-16-4-6-18(22)7-5-16/h4-7,11,19-20H,3,8-10,12-14H2,1-2H3/t19-,20+/m1/s1. The molecule has 2 saturated heterocycles. The second kappa shape index (κ2) is 7.91. The van der Waals surface area contributed by atoms with Crippen LogP contribution < -0.4 is 0 Å². The van der Waals surface area contributed by atoms with Gasteiger partial charge in [0.2, 0.25) is 0 Å². The fourth-order valence-electron chi connectivity index (χ4n) is 4.19. The summed E-state index contributed by atoms with van der Waals surface area (Å²) >= 11 is 0. The summed E-state index contributed by atoms with van der Waals surface area (Å²) in [6, 6.07) is 6.54. The number of hydrogen-bond acceptors (Lipinski definition) is 4. The number of benzene rings is 1. The first-order valence-electron chi connectivity index (χ1n) is 10.0. The third-order valence-electron chi connectivity index (χ3n) is 5.79. The zero-order valence-electron chi connectivity index (χ0n) is 16.5. The van der Waals surface area contributed by atoms with E-state index in [4.69, 9.17) is 4.74 Å². The highest BCUT2D eigenvalue weighted by Gasteiger charge is 2.47. The molecule has 3 heterocycles. The van der Waals surface area contributed by atoms with E-state index >= 15 is 0 Å². The maximum absolute atomic E-state index is 13.1. The summed E-state index contributed by atoms with van der Waals surface area (Å²) in [7, 11) is 0. The summed E-state index contributed by atoms with van der Waals surface area (Å²) in [6.07, 6.45) is 3.41. The molecular weight excluding hydrogens is 359 g/mol. The number of aromatic nitrogens is 2. The number of carbonyl (C=O) groups is 1. The molecule has 2 fully saturated rings. The van der Waals surface area contributed by atoms with Crippen molar-refractivity contribution in [2.24, 2.45) is 0 Å². The van der Waals surface area contributed by atoms with Gasteiger partial charge in [-0.1, -0.05) is 19.1 Å². The van der Waals surface area contributed by atoms with Crippen LogP contribution in [0.3, 0.4) is 0 Å². The van der Waals surface area contributed by atoms with Gasteiger partial charge in [0, 0.05) is 44.0 Å². The van der Waals surface area contributed by atoms with E-state index in [1.54, 1.807) is 12.1 Å². The zero-order chi connectivity index (χ0) is 19.7. The van der Waals surface area contributed by atoms with E-state index < -0.39 is 0 Å². The third kappa shape index (κ3) is 3.76. The van der Waals surface area contributed by atoms with Crippen molar-refractivity contribution in [1.29, 1.82) is 0 Å². The monoisotopic (exact) mass is 386 g/mol. The Bertz CT molecular complexity index is 835. The van der Waals surface area contributed by atoms with Gasteiger partial charge in [0.25, 0.3) is 0 Å². The third-order valence-corrected chi connectivity index (χ3v) is 5.79. The first kappa shape index (κ1) is 18.9. The number of amides is 1. The minimum absolute atomic E-state index is 0.0771. The zero-order valence-corrected chi connectivity index (χ0v) is 16.5. The maximum atomic E-state index is 13.1. The number of nitrogens with zero attached hydrogens (tertiary/aromatic N) is 4. The number of fused-ring (bicyclic) bond motifs is 1. The van der Waals surface area contributed by atoms with Gasteiger partial charge < -0.3 is 4.74 Å². The molecule has 4 rings (SSSR count). The molecule has 28 heavy (non-hydrogen) atoms. The predicted octanol–water partition coefficient (Wildman–Crippen LogP) is 2.99. The topological polar surface area (TPSA) is 50.6 Å². The summed E-state index contributed by atoms with van der Waals surface area (Å²) in [6.45, 7) is 8.17. The number of likely N-dealkylation sites (tertiary alicyclic amines) is 1. The van der Waals surface area contributed by atoms with E-state index in [0.29, 0.717) is 13.0 Å². The second-order valence-electron chi connectivity index (χ2n) is 7.73. The van der Waals surface area contributed by atoms with Gasteiger partial charge in [-0.3, -0.25) is 14.5 Å². The molecule has 2 aliphatic rings. The van der Waals surface area contributed by atoms with Gasteiger partial charge in [0.1, 0.15) is 11.9 Å². The Morgan fingerprint density at radius 2 is 2.00 bits per heavy atom. The van der Waals surface area contributed by atoms with E-state index in [0.717, 1.165) is 38.2 Å². The van der Waals surface area contributed by atoms with Gasteiger partial charge in [-0.05, 0) is 37.5 Å². The van der Waals surface area contributed by atoms with Gasteiger partial charge in [-0.2, -0.15) is 5.10 Å². The normalized spacial score (nSPS) is 22.0. The summed E-state index contributed by atoms with van der Waals surface area (Å²) in [5.74, 6) is -0.242. The molecule has 1 aromatic heterocycles. The lowest BCUT2D eigenvalue weighted by atomic mass is 10.1. The largest absolute Gasteiger partial charge is 0.442 e. The van der Waals surface area contributed by atoms with E-state index in [2.05, 4.69) is 28.5 Å². The maximum Gasteiger partial charge on any atom is 0.410 e. The molecule has 150 valence electrons. The highest BCUT2D eigenvalue weighted by atomic mass is 19.1. The van der Waals surface area contributed by atoms with Crippen LogP contribution in [0.5, 0.6) is 0 Å². The molecule has 1 aromatic carbocycles. The SMILES string of the molecule is CCCn1ncc(CN2C[C@@H]3OC(=O)N(CCc4ccc(F)cc4)[C@@H]3C2)c1C. The van der Waals surface area contributed by atoms with Crippen molar-refractivity contribution in [3.63, 3.8) is 0 Å². The first-order valence-corrected chi connectivity index (χ1v) is 10.0. The van der Waals surface area contributed by atoms with Gasteiger partial charge in [-0.15, -0.1) is 0 Å². The van der Waals surface area contributed by atoms with Crippen molar-refractivity contribution in [3.05, 3.63) is 53.1 Å². The lowest BCUT2D eigenvalue weighted by Gasteiger charge is -2.22. The molecule has 0 N–H and O–H groups in total. The number of hydrogen-bond donors (Lipinski definition) is 0. The average Bonchev–Trinajstić information content (AvgIpc) is 3.30. The van der Waals surface area contributed by atoms with Crippen LogP contribution in [0, 0.1) is 12.7 Å². The lowest BCUT2D eigenvalue weighted by Crippen LogP contribution is -2.39. The van der Waals surface area contributed by atoms with Crippen molar-refractivity contribution >= 4 is 6.09 Å². The van der Waals surface area contributed by atoms with Crippen molar-refractivity contribution in [2.75, 3.05) is 19.6 Å². The second-order valence-corrected chi connectivity index (χ2v) is 7.73. The van der Waals surface area contributed by atoms with Gasteiger partial charge in [0.05, 0.1) is 12.2 Å². The molecule has 6 nitrogen and oxygen atoms in total. The average molecular weight is 386 g/mol. The summed E-state index contributed by atoms with van der Waals surface area (Å²) in [4.78, 5) is 16.4. The molecule has 2 aliphatic heterocycles. The Labute approximate surface area is 164 Å². The van der Waals surface area contributed by atoms with Gasteiger partial charge in [0.15, 0.2) is 0 Å². The van der Waals surface area contributed by atoms with Crippen LogP contribution >= 0.6 is 0 Å². The van der Waals surface area contributed by atoms with Crippen LogP contribution in [0.25, 0.3) is 0 Å². The van der Waals surface area contributed by atoms with Crippen LogP contribution in [0.4, 0.5) is 9.18 Å². The quantitative estimate of drug-likeness (QED) is 0.734. The Morgan fingerprint density at radius 1 is 1.21 bits per heavy atom. The first-order chi connectivity index (χ1) is 13.5. The molecule has 0 unspecified atom stereocenters. The van der Waals surface area contributed by atoms with Crippen molar-refractivity contribution in [3.8, 4) is 0 Å². The lowest BCUT2D eigenvalue weighted by molar-refractivity contribution is 0.120. The molecule has 0 saturated carbocycles. The van der Waals surface area contributed by atoms with E-state index in [1.807, 2.05) is 11.1 Å². The van der Waals surface area contributed by atoms with Crippen molar-refractivity contribution < 1.29 is 13.9 Å². The van der Waals surface area contributed by atoms with Crippen molar-refractivity contribution in [1.82, 2.24) is 19.6 Å². The fraction of sp³-hybridized carbons (Fsp3) is 0.524. The number of carbonyl (C=O) groups excluding carboxylic acids is 1. The summed E-state index contributed by atoms with van der Waals surface area (Å²) < 4.78 is 20.7. The number of ether oxygens (including phenoxy) is 1. The van der Waals surface area contributed by atoms with E-state index in [9.17, 15) is 9.18 Å². The van der Waals surface area contributed by atoms with Crippen LogP contribution in [0.1, 0.15) is 30.2 Å². The van der Waals surface area contributed by atoms with E-state index in [-0.39, 0.29) is 24.1 Å². The van der Waals surface area contributed by atoms with E-state index in [1.165, 1.54) is 23.4 Å². The number of aryl methyl sites for hydroxylation is 1. The fourth-order valence-corrected chi connectivity index (χ4v) is 4.19. The van der Waals surface area contributed by atoms with Gasteiger partial charge >= 0.3 is 6.09 Å². The Morgan fingerprint density at radius 3 is 2.75 bits per heavy atom. The molecular formula is C21H27FN4O2. The molecule has 0 spiro atoms. The van der Waals surface area contributed by atoms with Crippen molar-refractivity contribution in [2.45, 2.75) is 51.9 Å². The molecule has 0 aliphatic carbocycles. The Balaban J connectivity index is 1.36. The Hall–Kier alpha value is -2.41. The van der Waals surface area contributed by atoms with Crippen LogP contribution in [-0.2, 0) is 24.2 Å². The number of rotatable bonds is 7. The molecule has 1 amide bonds. The highest BCUT2D eigenvalue weighted by molar-refractivity contribution is 5.71. The van der Waals surface area contributed by atoms with Crippen LogP contribution in [-0.4, -0.2) is 57.5 Å². The summed E-state index contributed by atoms with van der Waals surface area (Å²) in [5, 5.41) is 4.48. The number of halogens is 1. The smallest absolute Gasteiger partial charge is 0.410 e. The highest BCUT2D eigenvalue weighted by Crippen LogP contribution is 2.28. The Kier molecular flexibility index (Phi) is 5.35. The summed E-state index contributed by atoms with van der Waals surface area (Å²) in [5.41, 5.74) is 3.47. The van der Waals surface area contributed by atoms with Crippen LogP contribution in [0.15, 0.2) is 30.5 Å². The molecule has 7 heteroatoms. The molecule has 0 bridgehead atoms. The van der Waals surface area contributed by atoms with Crippen LogP contribution in [0.2, 0.25) is 0 Å². The molecule has 2 aromatic rings. The molecule has 0 radical (unpaired) electrons. The predicted molar refractivity (Wildman–Crippen MR) is 103 cm³/mol. The minimum Gasteiger partial charge on any atom is -0.442 e. The minimum atomic E-state index is -0.242. The molecule has 2 atom stereocenters.